The van der Waals surface area contributed by atoms with Gasteiger partial charge < -0.3 is 5.73 Å². The van der Waals surface area contributed by atoms with E-state index in [2.05, 4.69) is 68.0 Å². The summed E-state index contributed by atoms with van der Waals surface area (Å²) in [5.74, 6) is 1.82. The van der Waals surface area contributed by atoms with Crippen molar-refractivity contribution >= 4 is 5.95 Å². The third-order valence-electron chi connectivity index (χ3n) is 4.35. The first-order valence-corrected chi connectivity index (χ1v) is 8.86. The van der Waals surface area contributed by atoms with Crippen molar-refractivity contribution in [3.8, 4) is 22.5 Å². The number of nitrogens with zero attached hydrogens (tertiary/aromatic N) is 6. The number of hydrogen-bond donors (Lipinski definition) is 2. The Kier molecular flexibility index (Phi) is 4.61. The van der Waals surface area contributed by atoms with Crippen LogP contribution in [-0.2, 0) is 13.0 Å². The zero-order chi connectivity index (χ0) is 18.6. The first-order chi connectivity index (χ1) is 13.2. The van der Waals surface area contributed by atoms with E-state index in [0.717, 1.165) is 40.9 Å². The van der Waals surface area contributed by atoms with Crippen molar-refractivity contribution in [3.63, 3.8) is 0 Å². The molecule has 0 bridgehead atoms. The Balaban J connectivity index is 1.61. The molecular formula is C19H20N8. The van der Waals surface area contributed by atoms with Crippen molar-refractivity contribution in [2.24, 2.45) is 0 Å². The van der Waals surface area contributed by atoms with Crippen LogP contribution in [0.25, 0.3) is 22.5 Å². The van der Waals surface area contributed by atoms with Crippen molar-refractivity contribution in [3.05, 3.63) is 59.9 Å². The largest absolute Gasteiger partial charge is 0.366 e. The van der Waals surface area contributed by atoms with Crippen molar-refractivity contribution in [2.75, 3.05) is 5.73 Å². The molecule has 0 saturated heterocycles. The molecule has 136 valence electrons. The molecule has 2 aromatic heterocycles. The molecule has 0 aliphatic carbocycles. The zero-order valence-corrected chi connectivity index (χ0v) is 15.0. The highest BCUT2D eigenvalue weighted by Crippen LogP contribution is 2.29. The number of H-pyrrole nitrogens is 1. The van der Waals surface area contributed by atoms with Crippen LogP contribution in [0, 0.1) is 0 Å². The molecule has 0 fully saturated rings. The van der Waals surface area contributed by atoms with Crippen LogP contribution in [0.4, 0.5) is 5.95 Å². The fourth-order valence-electron chi connectivity index (χ4n) is 3.10. The number of aromatic amines is 1. The highest BCUT2D eigenvalue weighted by molar-refractivity contribution is 5.80. The number of nitrogens with two attached hydrogens (primary N) is 1. The van der Waals surface area contributed by atoms with E-state index in [9.17, 15) is 0 Å². The zero-order valence-electron chi connectivity index (χ0n) is 15.0. The SMILES string of the molecule is CCCc1nc(N)nn1Cc1ccc(-c2ccccc2-c2nn[nH]n2)cc1. The molecule has 27 heavy (non-hydrogen) atoms. The van der Waals surface area contributed by atoms with Gasteiger partial charge in [0.2, 0.25) is 11.8 Å². The summed E-state index contributed by atoms with van der Waals surface area (Å²) in [5.41, 5.74) is 9.99. The second-order valence-corrected chi connectivity index (χ2v) is 6.27. The number of anilines is 1. The minimum atomic E-state index is 0.323. The van der Waals surface area contributed by atoms with Gasteiger partial charge in [-0.2, -0.15) is 10.2 Å². The van der Waals surface area contributed by atoms with Crippen LogP contribution in [0.3, 0.4) is 0 Å². The Bertz CT molecular complexity index is 1020. The standard InChI is InChI=1S/C19H20N8/c1-2-5-17-21-19(20)24-27(17)12-13-8-10-14(11-9-13)15-6-3-4-7-16(15)18-22-25-26-23-18/h3-4,6-11H,2,5,12H2,1H3,(H2,20,24)(H,22,23,25,26). The lowest BCUT2D eigenvalue weighted by Crippen LogP contribution is -2.07. The Labute approximate surface area is 156 Å². The van der Waals surface area contributed by atoms with Crippen LogP contribution in [0.2, 0.25) is 0 Å². The molecule has 3 N–H and O–H groups in total. The fourth-order valence-corrected chi connectivity index (χ4v) is 3.10. The van der Waals surface area contributed by atoms with Crippen LogP contribution in [0.1, 0.15) is 24.7 Å². The first kappa shape index (κ1) is 16.9. The predicted molar refractivity (Wildman–Crippen MR) is 103 cm³/mol. The Morgan fingerprint density at radius 3 is 2.52 bits per heavy atom. The predicted octanol–water partition coefficient (Wildman–Crippen LogP) is 2.71. The number of aryl methyl sites for hydroxylation is 1. The van der Waals surface area contributed by atoms with E-state index in [1.807, 2.05) is 22.9 Å². The number of nitrogens with one attached hydrogen (secondary N) is 1. The molecule has 0 aliphatic rings. The van der Waals surface area contributed by atoms with Crippen molar-refractivity contribution < 1.29 is 0 Å². The summed E-state index contributed by atoms with van der Waals surface area (Å²) in [6, 6.07) is 16.4. The van der Waals surface area contributed by atoms with Crippen LogP contribution < -0.4 is 5.73 Å². The Morgan fingerprint density at radius 1 is 1.04 bits per heavy atom. The van der Waals surface area contributed by atoms with Gasteiger partial charge in [-0.05, 0) is 28.3 Å². The Hall–Kier alpha value is -3.55. The molecule has 8 heteroatoms. The van der Waals surface area contributed by atoms with Crippen LogP contribution >= 0.6 is 0 Å². The van der Waals surface area contributed by atoms with Gasteiger partial charge in [0.05, 0.1) is 6.54 Å². The number of hydrogen-bond acceptors (Lipinski definition) is 6. The van der Waals surface area contributed by atoms with Gasteiger partial charge in [-0.1, -0.05) is 55.5 Å². The van der Waals surface area contributed by atoms with Gasteiger partial charge in [-0.25, -0.2) is 4.68 Å². The van der Waals surface area contributed by atoms with Gasteiger partial charge in [0.25, 0.3) is 0 Å². The second kappa shape index (κ2) is 7.36. The summed E-state index contributed by atoms with van der Waals surface area (Å²) in [5, 5.41) is 18.7. The number of aromatic nitrogens is 7. The quantitative estimate of drug-likeness (QED) is 0.547. The average molecular weight is 360 g/mol. The maximum absolute atomic E-state index is 5.76. The van der Waals surface area contributed by atoms with Crippen molar-refractivity contribution in [2.45, 2.75) is 26.3 Å². The monoisotopic (exact) mass is 360 g/mol. The maximum atomic E-state index is 5.76. The lowest BCUT2D eigenvalue weighted by molar-refractivity contribution is 0.631. The average Bonchev–Trinajstić information content (AvgIpc) is 3.33. The summed E-state index contributed by atoms with van der Waals surface area (Å²) in [6.45, 7) is 2.76. The van der Waals surface area contributed by atoms with E-state index in [1.54, 1.807) is 0 Å². The maximum Gasteiger partial charge on any atom is 0.239 e. The highest BCUT2D eigenvalue weighted by Gasteiger charge is 2.11. The van der Waals surface area contributed by atoms with Crippen LogP contribution in [0.5, 0.6) is 0 Å². The van der Waals surface area contributed by atoms with Gasteiger partial charge in [0, 0.05) is 12.0 Å². The molecule has 4 rings (SSSR count). The molecular weight excluding hydrogens is 340 g/mol. The summed E-state index contributed by atoms with van der Waals surface area (Å²) < 4.78 is 1.88. The molecule has 4 aromatic rings. The summed E-state index contributed by atoms with van der Waals surface area (Å²) >= 11 is 0. The second-order valence-electron chi connectivity index (χ2n) is 6.27. The first-order valence-electron chi connectivity index (χ1n) is 8.86. The highest BCUT2D eigenvalue weighted by atomic mass is 15.5. The molecule has 0 amide bonds. The fraction of sp³-hybridized carbons (Fsp3) is 0.211. The third kappa shape index (κ3) is 3.55. The lowest BCUT2D eigenvalue weighted by atomic mass is 9.98. The lowest BCUT2D eigenvalue weighted by Gasteiger charge is -2.09. The molecule has 2 heterocycles. The molecule has 0 radical (unpaired) electrons. The van der Waals surface area contributed by atoms with Crippen molar-refractivity contribution in [1.82, 2.24) is 35.4 Å². The van der Waals surface area contributed by atoms with E-state index in [0.29, 0.717) is 18.3 Å². The molecule has 0 aliphatic heterocycles. The summed E-state index contributed by atoms with van der Waals surface area (Å²) in [4.78, 5) is 4.31. The molecule has 2 aromatic carbocycles. The van der Waals surface area contributed by atoms with Gasteiger partial charge in [0.1, 0.15) is 5.82 Å². The Morgan fingerprint density at radius 2 is 1.81 bits per heavy atom. The summed E-state index contributed by atoms with van der Waals surface area (Å²) in [7, 11) is 0. The van der Waals surface area contributed by atoms with Gasteiger partial charge in [-0.3, -0.25) is 0 Å². The van der Waals surface area contributed by atoms with Gasteiger partial charge in [-0.15, -0.1) is 15.3 Å². The molecule has 0 atom stereocenters. The number of benzene rings is 2. The van der Waals surface area contributed by atoms with E-state index in [4.69, 9.17) is 5.73 Å². The molecule has 0 spiro atoms. The van der Waals surface area contributed by atoms with E-state index in [1.165, 1.54) is 0 Å². The minimum Gasteiger partial charge on any atom is -0.366 e. The normalized spacial score (nSPS) is 11.0. The molecule has 0 unspecified atom stereocenters. The molecule has 0 saturated carbocycles. The van der Waals surface area contributed by atoms with E-state index >= 15 is 0 Å². The van der Waals surface area contributed by atoms with E-state index < -0.39 is 0 Å². The van der Waals surface area contributed by atoms with Crippen LogP contribution in [0.15, 0.2) is 48.5 Å². The number of nitrogen functional groups attached to an aromatic ring is 1. The number of rotatable bonds is 6. The topological polar surface area (TPSA) is 111 Å². The van der Waals surface area contributed by atoms with Crippen LogP contribution in [-0.4, -0.2) is 35.4 Å². The smallest absolute Gasteiger partial charge is 0.239 e. The van der Waals surface area contributed by atoms with E-state index in [-0.39, 0.29) is 0 Å². The third-order valence-corrected chi connectivity index (χ3v) is 4.35. The van der Waals surface area contributed by atoms with Gasteiger partial charge >= 0.3 is 0 Å². The number of tetrazole rings is 1. The molecule has 8 nitrogen and oxygen atoms in total. The van der Waals surface area contributed by atoms with Crippen molar-refractivity contribution in [1.29, 1.82) is 0 Å². The van der Waals surface area contributed by atoms with Gasteiger partial charge in [0.15, 0.2) is 0 Å². The summed E-state index contributed by atoms with van der Waals surface area (Å²) in [6.07, 6.45) is 1.87. The minimum absolute atomic E-state index is 0.323.